The van der Waals surface area contributed by atoms with Gasteiger partial charge in [0.05, 0.1) is 38.1 Å². The largest absolute Gasteiger partial charge is 0.315 e. The van der Waals surface area contributed by atoms with Crippen molar-refractivity contribution in [1.29, 1.82) is 0 Å². The molecule has 0 N–H and O–H groups in total. The van der Waals surface area contributed by atoms with Crippen LogP contribution in [0.3, 0.4) is 0 Å². The van der Waals surface area contributed by atoms with Gasteiger partial charge in [-0.3, -0.25) is 14.5 Å². The van der Waals surface area contributed by atoms with Crippen LogP contribution in [-0.2, 0) is 23.2 Å². The fraction of sp³-hybridized carbons (Fsp3) is 0.323. The molecule has 11 heteroatoms. The van der Waals surface area contributed by atoms with E-state index in [-0.39, 0.29) is 23.6 Å². The van der Waals surface area contributed by atoms with Gasteiger partial charge >= 0.3 is 0 Å². The minimum atomic E-state index is -2.87. The van der Waals surface area contributed by atoms with Crippen molar-refractivity contribution in [2.75, 3.05) is 0 Å². The first kappa shape index (κ1) is 26.9. The van der Waals surface area contributed by atoms with E-state index >= 15 is 0 Å². The van der Waals surface area contributed by atoms with Crippen LogP contribution in [0.1, 0.15) is 53.8 Å². The van der Waals surface area contributed by atoms with Gasteiger partial charge in [-0.1, -0.05) is 5.57 Å². The Morgan fingerprint density at radius 3 is 2.64 bits per heavy atom. The zero-order chi connectivity index (χ0) is 29.2. The fourth-order valence-electron chi connectivity index (χ4n) is 6.72. The number of hydrogen-bond donors (Lipinski definition) is 0. The molecule has 3 aliphatic carbocycles. The predicted molar refractivity (Wildman–Crippen MR) is 155 cm³/mol. The van der Waals surface area contributed by atoms with Crippen LogP contribution in [0.2, 0.25) is 0 Å². The smallest absolute Gasteiger partial charge is 0.212 e. The molecule has 0 saturated heterocycles. The van der Waals surface area contributed by atoms with Gasteiger partial charge in [-0.25, -0.2) is 17.9 Å². The number of nitrogens with zero attached hydrogens (tertiary/aromatic N) is 6. The van der Waals surface area contributed by atoms with Crippen LogP contribution in [0.4, 0.5) is 8.78 Å². The Kier molecular flexibility index (Phi) is 6.28. The van der Waals surface area contributed by atoms with Gasteiger partial charge in [0.1, 0.15) is 11.5 Å². The molecule has 0 amide bonds. The lowest BCUT2D eigenvalue weighted by Gasteiger charge is -2.47. The summed E-state index contributed by atoms with van der Waals surface area (Å²) in [6.07, 6.45) is 14.0. The maximum atomic E-state index is 14.5. The van der Waals surface area contributed by atoms with Gasteiger partial charge in [0.15, 0.2) is 5.78 Å². The number of allylic oxidation sites excluding steroid dienone is 1. The maximum absolute atomic E-state index is 14.5. The molecule has 7 rings (SSSR count). The van der Waals surface area contributed by atoms with Gasteiger partial charge in [-0.15, -0.1) is 0 Å². The van der Waals surface area contributed by atoms with Crippen molar-refractivity contribution in [2.24, 2.45) is 12.5 Å². The highest BCUT2D eigenvalue weighted by Gasteiger charge is 2.52. The minimum absolute atomic E-state index is 0.0766. The van der Waals surface area contributed by atoms with E-state index in [0.717, 1.165) is 29.7 Å². The lowest BCUT2D eigenvalue weighted by atomic mass is 9.60. The fourth-order valence-corrected chi connectivity index (χ4v) is 8.85. The van der Waals surface area contributed by atoms with E-state index < -0.39 is 26.9 Å². The van der Waals surface area contributed by atoms with Crippen molar-refractivity contribution in [1.82, 2.24) is 28.6 Å². The van der Waals surface area contributed by atoms with E-state index in [1.165, 1.54) is 30.6 Å². The van der Waals surface area contributed by atoms with Crippen molar-refractivity contribution >= 4 is 27.4 Å². The van der Waals surface area contributed by atoms with Gasteiger partial charge in [-0.05, 0) is 80.3 Å². The van der Waals surface area contributed by atoms with Crippen molar-refractivity contribution in [2.45, 2.75) is 55.5 Å². The zero-order valence-electron chi connectivity index (χ0n) is 23.1. The molecule has 1 unspecified atom stereocenters. The third-order valence-corrected chi connectivity index (χ3v) is 11.0. The average molecular weight is 589 g/mol. The Morgan fingerprint density at radius 2 is 1.95 bits per heavy atom. The number of aromatic nitrogens is 5. The summed E-state index contributed by atoms with van der Waals surface area (Å²) in [5.41, 5.74) is 2.57. The molecule has 2 saturated carbocycles. The molecular weight excluding hydrogens is 558 g/mol. The Bertz CT molecular complexity index is 1840. The summed E-state index contributed by atoms with van der Waals surface area (Å²) in [6.45, 7) is 0. The topological polar surface area (TPSA) is 85.9 Å². The third-order valence-electron chi connectivity index (χ3n) is 8.80. The van der Waals surface area contributed by atoms with E-state index in [1.54, 1.807) is 30.2 Å². The summed E-state index contributed by atoms with van der Waals surface area (Å²) in [5.74, 6) is 2.89. The van der Waals surface area contributed by atoms with Gasteiger partial charge in [0, 0.05) is 49.5 Å². The Hall–Kier alpha value is -3.96. The molecule has 0 spiro atoms. The van der Waals surface area contributed by atoms with E-state index in [9.17, 15) is 17.8 Å². The number of carbonyl (C=O) groups excluding carboxylic acids is 1. The van der Waals surface area contributed by atoms with E-state index in [1.807, 2.05) is 27.2 Å². The second-order valence-electron chi connectivity index (χ2n) is 11.5. The van der Waals surface area contributed by atoms with Gasteiger partial charge in [0.2, 0.25) is 5.95 Å². The first-order valence-electron chi connectivity index (χ1n) is 14.0. The number of Topliss-reactive ketones (excluding diaryl/α,β-unsaturated/α-hetero) is 1. The summed E-state index contributed by atoms with van der Waals surface area (Å²) in [5, 5.41) is 4.24. The van der Waals surface area contributed by atoms with Gasteiger partial charge in [0.25, 0.3) is 0 Å². The normalized spacial score (nSPS) is 23.1. The lowest BCUT2D eigenvalue weighted by Crippen LogP contribution is -2.51. The van der Waals surface area contributed by atoms with Crippen molar-refractivity contribution in [3.63, 3.8) is 0 Å². The van der Waals surface area contributed by atoms with Crippen LogP contribution < -0.4 is 0 Å². The number of aryl methyl sites for hydroxylation is 1. The number of hydrogen-bond acceptors (Lipinski definition) is 5. The van der Waals surface area contributed by atoms with Crippen molar-refractivity contribution < 1.29 is 17.8 Å². The summed E-state index contributed by atoms with van der Waals surface area (Å²) >= 11 is 0. The average Bonchev–Trinajstić information content (AvgIpc) is 3.55. The molecular formula is C31H30F2N6O2S. The molecule has 3 aliphatic rings. The van der Waals surface area contributed by atoms with E-state index in [4.69, 9.17) is 0 Å². The zero-order valence-corrected chi connectivity index (χ0v) is 23.9. The molecule has 0 aromatic carbocycles. The van der Waals surface area contributed by atoms with E-state index in [0.29, 0.717) is 36.3 Å². The predicted octanol–water partition coefficient (Wildman–Crippen LogP) is 4.80. The van der Waals surface area contributed by atoms with Crippen LogP contribution >= 0.6 is 0 Å². The first-order chi connectivity index (χ1) is 20.2. The van der Waals surface area contributed by atoms with E-state index in [2.05, 4.69) is 20.9 Å². The molecule has 0 radical (unpaired) electrons. The summed E-state index contributed by atoms with van der Waals surface area (Å²) < 4.78 is 47.9. The number of ketones is 1. The van der Waals surface area contributed by atoms with Crippen LogP contribution in [0.15, 0.2) is 71.8 Å². The third kappa shape index (κ3) is 4.42. The second-order valence-corrected chi connectivity index (χ2v) is 13.7. The molecule has 8 nitrogen and oxygen atoms in total. The molecule has 216 valence electrons. The van der Waals surface area contributed by atoms with Gasteiger partial charge < -0.3 is 4.57 Å². The van der Waals surface area contributed by atoms with Crippen molar-refractivity contribution in [3.05, 3.63) is 95.6 Å². The monoisotopic (exact) mass is 588 g/mol. The summed E-state index contributed by atoms with van der Waals surface area (Å²) in [6, 6.07) is 7.28. The maximum Gasteiger partial charge on any atom is 0.212 e. The van der Waals surface area contributed by atoms with Crippen LogP contribution in [0.25, 0.3) is 11.8 Å². The lowest BCUT2D eigenvalue weighted by molar-refractivity contribution is 0.0736. The number of carbonyl (C=O) groups is 1. The Morgan fingerprint density at radius 1 is 1.12 bits per heavy atom. The minimum Gasteiger partial charge on any atom is -0.315 e. The number of rotatable bonds is 7. The SMILES string of the molecule is C=S(=O)(c1cnn(C)c1)N(C1CC1)[C@H]1CCC2=Cc3c(ccn3-c3ccc(F)nc3)C[C@]2(C(=O)c2cc(F)ccn2)C1. The van der Waals surface area contributed by atoms with Crippen LogP contribution in [0.5, 0.6) is 0 Å². The van der Waals surface area contributed by atoms with Crippen molar-refractivity contribution in [3.8, 4) is 5.69 Å². The summed E-state index contributed by atoms with van der Waals surface area (Å²) in [7, 11) is -1.09. The van der Waals surface area contributed by atoms with Crippen LogP contribution in [0, 0.1) is 17.2 Å². The molecule has 4 aromatic heterocycles. The molecule has 4 heterocycles. The van der Waals surface area contributed by atoms with Gasteiger partial charge in [-0.2, -0.15) is 9.49 Å². The Labute approximate surface area is 242 Å². The molecule has 0 aliphatic heterocycles. The summed E-state index contributed by atoms with van der Waals surface area (Å²) in [4.78, 5) is 23.1. The number of pyridine rings is 2. The highest BCUT2D eigenvalue weighted by Crippen LogP contribution is 2.52. The molecule has 4 aromatic rings. The quantitative estimate of drug-likeness (QED) is 0.176. The standard InChI is InChI=1S/C31H30F2N6O2S/c1-37-19-26(18-36-37)42(2,41)39(23-5-6-23)24-4-3-21-13-28-20(10-12-38(28)25-7-8-29(33)35-17-25)15-31(21,16-24)30(40)27-14-22(32)9-11-34-27/h7-14,17-19,23-24H,2-6,15-16H2,1H3/t24-,31-,42?/m0/s1. The first-order valence-corrected chi connectivity index (χ1v) is 15.7. The van der Waals surface area contributed by atoms with Crippen LogP contribution in [-0.4, -0.2) is 56.6 Å². The highest BCUT2D eigenvalue weighted by molar-refractivity contribution is 7.98. The number of halogens is 2. The molecule has 0 bridgehead atoms. The molecule has 2 fully saturated rings. The Balaban J connectivity index is 1.32. The molecule has 42 heavy (non-hydrogen) atoms. The highest BCUT2D eigenvalue weighted by atomic mass is 32.2. The second kappa shape index (κ2) is 9.81. The molecule has 3 atom stereocenters. The number of fused-ring (bicyclic) bond motifs is 2.